The van der Waals surface area contributed by atoms with Crippen molar-refractivity contribution in [3.05, 3.63) is 42.1 Å². The first kappa shape index (κ1) is 13.2. The highest BCUT2D eigenvalue weighted by molar-refractivity contribution is 5.87. The Morgan fingerprint density at radius 3 is 2.79 bits per heavy atom. The van der Waals surface area contributed by atoms with Gasteiger partial charge in [0.25, 0.3) is 0 Å². The van der Waals surface area contributed by atoms with Gasteiger partial charge in [0.05, 0.1) is 14.2 Å². The Labute approximate surface area is 112 Å². The van der Waals surface area contributed by atoms with Crippen LogP contribution in [0.4, 0.5) is 0 Å². The molecular formula is C15H17NO3. The van der Waals surface area contributed by atoms with Crippen molar-refractivity contribution >= 4 is 16.9 Å². The van der Waals surface area contributed by atoms with E-state index in [4.69, 9.17) is 4.74 Å². The lowest BCUT2D eigenvalue weighted by molar-refractivity contribution is -0.136. The minimum Gasteiger partial charge on any atom is -0.497 e. The van der Waals surface area contributed by atoms with Crippen molar-refractivity contribution in [3.8, 4) is 5.75 Å². The average Bonchev–Trinajstić information content (AvgIpc) is 2.85. The summed E-state index contributed by atoms with van der Waals surface area (Å²) in [6.07, 6.45) is 3.85. The van der Waals surface area contributed by atoms with Crippen LogP contribution in [-0.2, 0) is 16.1 Å². The number of fused-ring (bicyclic) bond motifs is 1. The van der Waals surface area contributed by atoms with Crippen LogP contribution >= 0.6 is 0 Å². The number of esters is 1. The molecule has 0 N–H and O–H groups in total. The number of carbonyl (C=O) groups is 1. The van der Waals surface area contributed by atoms with Crippen LogP contribution in [0.25, 0.3) is 10.9 Å². The zero-order valence-corrected chi connectivity index (χ0v) is 11.3. The fraction of sp³-hybridized carbons (Fsp3) is 0.267. The Balaban J connectivity index is 2.24. The molecular weight excluding hydrogens is 242 g/mol. The van der Waals surface area contributed by atoms with E-state index in [1.54, 1.807) is 14.0 Å². The summed E-state index contributed by atoms with van der Waals surface area (Å²) in [5.41, 5.74) is 1.72. The van der Waals surface area contributed by atoms with Crippen molar-refractivity contribution < 1.29 is 14.3 Å². The summed E-state index contributed by atoms with van der Waals surface area (Å²) in [5.74, 6) is 0.546. The molecule has 0 unspecified atom stereocenters. The molecule has 19 heavy (non-hydrogen) atoms. The van der Waals surface area contributed by atoms with Crippen molar-refractivity contribution in [1.82, 2.24) is 4.57 Å². The van der Waals surface area contributed by atoms with Gasteiger partial charge in [0, 0.05) is 29.2 Å². The summed E-state index contributed by atoms with van der Waals surface area (Å²) < 4.78 is 11.9. The molecule has 100 valence electrons. The van der Waals surface area contributed by atoms with E-state index in [2.05, 4.69) is 9.30 Å². The molecule has 1 aromatic heterocycles. The van der Waals surface area contributed by atoms with Gasteiger partial charge in [-0.1, -0.05) is 6.08 Å². The van der Waals surface area contributed by atoms with E-state index in [1.165, 1.54) is 7.11 Å². The molecule has 0 fully saturated rings. The number of methoxy groups -OCH3 is 2. The summed E-state index contributed by atoms with van der Waals surface area (Å²) in [7, 11) is 3.04. The van der Waals surface area contributed by atoms with Gasteiger partial charge in [0.2, 0.25) is 0 Å². The van der Waals surface area contributed by atoms with Crippen LogP contribution in [0.3, 0.4) is 0 Å². The Morgan fingerprint density at radius 2 is 2.11 bits per heavy atom. The van der Waals surface area contributed by atoms with Gasteiger partial charge in [-0.3, -0.25) is 0 Å². The predicted molar refractivity (Wildman–Crippen MR) is 74.3 cm³/mol. The minimum atomic E-state index is -0.293. The van der Waals surface area contributed by atoms with Gasteiger partial charge in [-0.2, -0.15) is 0 Å². The van der Waals surface area contributed by atoms with Crippen molar-refractivity contribution in [2.45, 2.75) is 13.5 Å². The standard InChI is InChI=1S/C15H17NO3/c1-11(15(17)19-3)6-8-16-9-7-12-10-13(18-2)4-5-14(12)16/h4-7,9-10H,8H2,1-3H3. The molecule has 4 nitrogen and oxygen atoms in total. The lowest BCUT2D eigenvalue weighted by atomic mass is 10.2. The van der Waals surface area contributed by atoms with Crippen molar-refractivity contribution in [3.63, 3.8) is 0 Å². The van der Waals surface area contributed by atoms with Gasteiger partial charge in [0.15, 0.2) is 0 Å². The maximum atomic E-state index is 11.3. The number of allylic oxidation sites excluding steroid dienone is 1. The fourth-order valence-electron chi connectivity index (χ4n) is 1.94. The second kappa shape index (κ2) is 5.61. The normalized spacial score (nSPS) is 11.6. The molecule has 0 saturated heterocycles. The molecule has 1 aromatic carbocycles. The molecule has 2 aromatic rings. The van der Waals surface area contributed by atoms with E-state index in [0.717, 1.165) is 16.7 Å². The van der Waals surface area contributed by atoms with Gasteiger partial charge in [-0.15, -0.1) is 0 Å². The van der Waals surface area contributed by atoms with Gasteiger partial charge < -0.3 is 14.0 Å². The number of hydrogen-bond acceptors (Lipinski definition) is 3. The van der Waals surface area contributed by atoms with E-state index in [1.807, 2.05) is 36.5 Å². The summed E-state index contributed by atoms with van der Waals surface area (Å²) >= 11 is 0. The smallest absolute Gasteiger partial charge is 0.333 e. The van der Waals surface area contributed by atoms with Crippen LogP contribution < -0.4 is 4.74 Å². The van der Waals surface area contributed by atoms with E-state index >= 15 is 0 Å². The Bertz CT molecular complexity index is 625. The van der Waals surface area contributed by atoms with Crippen LogP contribution in [-0.4, -0.2) is 24.8 Å². The van der Waals surface area contributed by atoms with Gasteiger partial charge in [0.1, 0.15) is 5.75 Å². The van der Waals surface area contributed by atoms with Gasteiger partial charge in [-0.05, 0) is 31.2 Å². The first-order valence-corrected chi connectivity index (χ1v) is 6.03. The molecule has 0 aliphatic heterocycles. The third-order valence-electron chi connectivity index (χ3n) is 3.08. The maximum absolute atomic E-state index is 11.3. The number of benzene rings is 1. The number of ether oxygens (including phenoxy) is 2. The largest absolute Gasteiger partial charge is 0.497 e. The van der Waals surface area contributed by atoms with Crippen LogP contribution in [0, 0.1) is 0 Å². The molecule has 0 bridgehead atoms. The number of rotatable bonds is 4. The summed E-state index contributed by atoms with van der Waals surface area (Å²) in [6.45, 7) is 2.39. The zero-order chi connectivity index (χ0) is 13.8. The highest BCUT2D eigenvalue weighted by atomic mass is 16.5. The number of hydrogen-bond donors (Lipinski definition) is 0. The minimum absolute atomic E-state index is 0.293. The third kappa shape index (κ3) is 2.78. The molecule has 0 spiro atoms. The maximum Gasteiger partial charge on any atom is 0.333 e. The Kier molecular flexibility index (Phi) is 3.90. The SMILES string of the molecule is COC(=O)C(C)=CCn1ccc2cc(OC)ccc21. The predicted octanol–water partition coefficient (Wildman–Crippen LogP) is 2.77. The molecule has 0 aliphatic carbocycles. The summed E-state index contributed by atoms with van der Waals surface area (Å²) in [6, 6.07) is 7.95. The molecule has 0 atom stereocenters. The number of carbonyl (C=O) groups excluding carboxylic acids is 1. The second-order valence-corrected chi connectivity index (χ2v) is 4.27. The first-order chi connectivity index (χ1) is 9.15. The van der Waals surface area contributed by atoms with Gasteiger partial charge in [-0.25, -0.2) is 4.79 Å². The van der Waals surface area contributed by atoms with E-state index < -0.39 is 0 Å². The van der Waals surface area contributed by atoms with Crippen LogP contribution in [0.2, 0.25) is 0 Å². The second-order valence-electron chi connectivity index (χ2n) is 4.27. The lowest BCUT2D eigenvalue weighted by Crippen LogP contribution is -2.03. The highest BCUT2D eigenvalue weighted by Gasteiger charge is 2.04. The monoisotopic (exact) mass is 259 g/mol. The molecule has 0 radical (unpaired) electrons. The molecule has 4 heteroatoms. The van der Waals surface area contributed by atoms with Crippen molar-refractivity contribution in [1.29, 1.82) is 0 Å². The molecule has 0 aliphatic rings. The van der Waals surface area contributed by atoms with E-state index in [-0.39, 0.29) is 5.97 Å². The summed E-state index contributed by atoms with van der Waals surface area (Å²) in [5, 5.41) is 1.11. The van der Waals surface area contributed by atoms with Crippen LogP contribution in [0.15, 0.2) is 42.1 Å². The third-order valence-corrected chi connectivity index (χ3v) is 3.08. The molecule has 1 heterocycles. The fourth-order valence-corrected chi connectivity index (χ4v) is 1.94. The average molecular weight is 259 g/mol. The van der Waals surface area contributed by atoms with E-state index in [0.29, 0.717) is 12.1 Å². The Hall–Kier alpha value is -2.23. The van der Waals surface area contributed by atoms with Crippen LogP contribution in [0.5, 0.6) is 5.75 Å². The van der Waals surface area contributed by atoms with Crippen molar-refractivity contribution in [2.75, 3.05) is 14.2 Å². The van der Waals surface area contributed by atoms with E-state index in [9.17, 15) is 4.79 Å². The molecule has 0 saturated carbocycles. The lowest BCUT2D eigenvalue weighted by Gasteiger charge is -2.04. The Morgan fingerprint density at radius 1 is 1.32 bits per heavy atom. The number of nitrogens with zero attached hydrogens (tertiary/aromatic N) is 1. The van der Waals surface area contributed by atoms with Gasteiger partial charge >= 0.3 is 5.97 Å². The topological polar surface area (TPSA) is 40.5 Å². The summed E-state index contributed by atoms with van der Waals surface area (Å²) in [4.78, 5) is 11.3. The quantitative estimate of drug-likeness (QED) is 0.626. The first-order valence-electron chi connectivity index (χ1n) is 6.03. The number of aromatic nitrogens is 1. The van der Waals surface area contributed by atoms with Crippen LogP contribution in [0.1, 0.15) is 6.92 Å². The zero-order valence-electron chi connectivity index (χ0n) is 11.3. The van der Waals surface area contributed by atoms with Crippen molar-refractivity contribution in [2.24, 2.45) is 0 Å². The highest BCUT2D eigenvalue weighted by Crippen LogP contribution is 2.21. The molecule has 2 rings (SSSR count). The molecule has 0 amide bonds.